The lowest BCUT2D eigenvalue weighted by Crippen LogP contribution is -2.44. The van der Waals surface area contributed by atoms with Gasteiger partial charge in [-0.05, 0) is 31.2 Å². The van der Waals surface area contributed by atoms with Crippen LogP contribution in [0.25, 0.3) is 0 Å². The normalized spacial score (nSPS) is 25.8. The van der Waals surface area contributed by atoms with E-state index in [9.17, 15) is 14.4 Å². The van der Waals surface area contributed by atoms with E-state index in [2.05, 4.69) is 0 Å². The second-order valence-electron chi connectivity index (χ2n) is 7.20. The van der Waals surface area contributed by atoms with Gasteiger partial charge >= 0.3 is 0 Å². The third-order valence-corrected chi connectivity index (χ3v) is 5.53. The summed E-state index contributed by atoms with van der Waals surface area (Å²) in [5, 5.41) is 0. The molecule has 1 heterocycles. The van der Waals surface area contributed by atoms with Crippen LogP contribution in [0.4, 0.5) is 0 Å². The summed E-state index contributed by atoms with van der Waals surface area (Å²) in [5.41, 5.74) is 1.08. The van der Waals surface area contributed by atoms with Crippen molar-refractivity contribution in [1.82, 2.24) is 9.80 Å². The molecular formula is C20H26N2O3. The summed E-state index contributed by atoms with van der Waals surface area (Å²) < 4.78 is 0. The highest BCUT2D eigenvalue weighted by Gasteiger charge is 2.42. The van der Waals surface area contributed by atoms with Crippen LogP contribution in [0.1, 0.15) is 37.7 Å². The van der Waals surface area contributed by atoms with Crippen molar-refractivity contribution in [2.24, 2.45) is 11.8 Å². The van der Waals surface area contributed by atoms with E-state index in [1.807, 2.05) is 30.3 Å². The van der Waals surface area contributed by atoms with Gasteiger partial charge < -0.3 is 14.6 Å². The van der Waals surface area contributed by atoms with Crippen LogP contribution in [0.15, 0.2) is 30.3 Å². The van der Waals surface area contributed by atoms with Crippen molar-refractivity contribution < 1.29 is 14.4 Å². The lowest BCUT2D eigenvalue weighted by Gasteiger charge is -2.29. The average molecular weight is 342 g/mol. The molecule has 2 amide bonds. The minimum absolute atomic E-state index is 0.00133. The van der Waals surface area contributed by atoms with Gasteiger partial charge in [0.05, 0.1) is 6.04 Å². The van der Waals surface area contributed by atoms with E-state index >= 15 is 0 Å². The van der Waals surface area contributed by atoms with Gasteiger partial charge in [-0.25, -0.2) is 0 Å². The number of amides is 2. The molecule has 1 saturated heterocycles. The molecular weight excluding hydrogens is 316 g/mol. The maximum atomic E-state index is 12.9. The Morgan fingerprint density at radius 1 is 1.12 bits per heavy atom. The van der Waals surface area contributed by atoms with E-state index in [1.54, 1.807) is 16.8 Å². The van der Waals surface area contributed by atoms with Gasteiger partial charge in [-0.1, -0.05) is 36.8 Å². The molecule has 0 bridgehead atoms. The monoisotopic (exact) mass is 342 g/mol. The van der Waals surface area contributed by atoms with Crippen LogP contribution in [0.5, 0.6) is 0 Å². The lowest BCUT2D eigenvalue weighted by molar-refractivity contribution is -0.145. The van der Waals surface area contributed by atoms with Gasteiger partial charge in [0, 0.05) is 32.0 Å². The Bertz CT molecular complexity index is 631. The van der Waals surface area contributed by atoms with E-state index in [0.29, 0.717) is 13.1 Å². The molecule has 134 valence electrons. The highest BCUT2D eigenvalue weighted by Crippen LogP contribution is 2.36. The molecule has 3 rings (SSSR count). The van der Waals surface area contributed by atoms with Crippen LogP contribution in [-0.2, 0) is 20.9 Å². The van der Waals surface area contributed by atoms with Crippen LogP contribution >= 0.6 is 0 Å². The number of benzene rings is 1. The molecule has 3 atom stereocenters. The predicted molar refractivity (Wildman–Crippen MR) is 94.5 cm³/mol. The second kappa shape index (κ2) is 7.81. The largest absolute Gasteiger partial charge is 0.341 e. The first kappa shape index (κ1) is 17.6. The molecule has 0 unspecified atom stereocenters. The van der Waals surface area contributed by atoms with Crippen molar-refractivity contribution in [3.8, 4) is 0 Å². The quantitative estimate of drug-likeness (QED) is 0.771. The zero-order valence-electron chi connectivity index (χ0n) is 14.8. The third-order valence-electron chi connectivity index (χ3n) is 5.53. The summed E-state index contributed by atoms with van der Waals surface area (Å²) in [6.45, 7) is 1.19. The van der Waals surface area contributed by atoms with E-state index in [0.717, 1.165) is 44.0 Å². The van der Waals surface area contributed by atoms with Crippen LogP contribution in [-0.4, -0.2) is 47.5 Å². The molecule has 5 heteroatoms. The van der Waals surface area contributed by atoms with Gasteiger partial charge in [0.1, 0.15) is 6.29 Å². The first-order valence-corrected chi connectivity index (χ1v) is 9.16. The fraction of sp³-hybridized carbons (Fsp3) is 0.550. The van der Waals surface area contributed by atoms with E-state index < -0.39 is 0 Å². The minimum Gasteiger partial charge on any atom is -0.341 e. The Morgan fingerprint density at radius 2 is 1.84 bits per heavy atom. The number of carbonyl (C=O) groups excluding carboxylic acids is 3. The van der Waals surface area contributed by atoms with Crippen molar-refractivity contribution in [3.63, 3.8) is 0 Å². The Kier molecular flexibility index (Phi) is 5.51. The Balaban J connectivity index is 1.67. The van der Waals surface area contributed by atoms with Crippen LogP contribution < -0.4 is 0 Å². The van der Waals surface area contributed by atoms with Crippen molar-refractivity contribution in [2.45, 2.75) is 44.7 Å². The Labute approximate surface area is 149 Å². The smallest absolute Gasteiger partial charge is 0.227 e. The molecule has 0 radical (unpaired) electrons. The second-order valence-corrected chi connectivity index (χ2v) is 7.20. The number of hydrogen-bond donors (Lipinski definition) is 0. The third kappa shape index (κ3) is 3.75. The summed E-state index contributed by atoms with van der Waals surface area (Å²) in [6.07, 6.45) is 4.89. The molecule has 1 aromatic rings. The molecule has 5 nitrogen and oxygen atoms in total. The molecule has 1 saturated carbocycles. The first-order valence-electron chi connectivity index (χ1n) is 9.16. The zero-order valence-corrected chi connectivity index (χ0v) is 14.8. The van der Waals surface area contributed by atoms with E-state index in [4.69, 9.17) is 0 Å². The maximum Gasteiger partial charge on any atom is 0.227 e. The average Bonchev–Trinajstić information content (AvgIpc) is 3.30. The van der Waals surface area contributed by atoms with Crippen molar-refractivity contribution in [3.05, 3.63) is 35.9 Å². The number of nitrogens with zero attached hydrogens (tertiary/aromatic N) is 2. The molecule has 0 spiro atoms. The van der Waals surface area contributed by atoms with Crippen molar-refractivity contribution in [1.29, 1.82) is 0 Å². The summed E-state index contributed by atoms with van der Waals surface area (Å²) in [4.78, 5) is 40.4. The number of aldehydes is 1. The summed E-state index contributed by atoms with van der Waals surface area (Å²) in [6, 6.07) is 9.58. The van der Waals surface area contributed by atoms with E-state index in [-0.39, 0.29) is 29.7 Å². The fourth-order valence-corrected chi connectivity index (χ4v) is 4.19. The molecule has 0 aromatic heterocycles. The first-order chi connectivity index (χ1) is 12.1. The maximum absolute atomic E-state index is 12.9. The van der Waals surface area contributed by atoms with Gasteiger partial charge in [0.15, 0.2) is 0 Å². The molecule has 2 aliphatic rings. The Morgan fingerprint density at radius 3 is 2.56 bits per heavy atom. The standard InChI is InChI=1S/C20H26N2O3/c1-21(13-15-7-3-2-4-8-15)19(24)17-10-5-11-18(17)20(25)22-12-6-9-16(22)14-23/h2-4,7-8,14,16-18H,5-6,9-13H2,1H3/t16-,17+,18+/m0/s1. The summed E-state index contributed by atoms with van der Waals surface area (Å²) in [5.74, 6) is -0.486. The molecule has 0 N–H and O–H groups in total. The topological polar surface area (TPSA) is 57.7 Å². The molecule has 2 fully saturated rings. The fourth-order valence-electron chi connectivity index (χ4n) is 4.19. The van der Waals surface area contributed by atoms with Crippen LogP contribution in [0, 0.1) is 11.8 Å². The van der Waals surface area contributed by atoms with Crippen LogP contribution in [0.3, 0.4) is 0 Å². The number of hydrogen-bond acceptors (Lipinski definition) is 3. The molecule has 1 aromatic carbocycles. The predicted octanol–water partition coefficient (Wildman–Crippen LogP) is 2.25. The summed E-state index contributed by atoms with van der Waals surface area (Å²) in [7, 11) is 1.80. The lowest BCUT2D eigenvalue weighted by atomic mass is 9.92. The molecule has 1 aliphatic heterocycles. The minimum atomic E-state index is -0.300. The van der Waals surface area contributed by atoms with E-state index in [1.165, 1.54) is 0 Å². The van der Waals surface area contributed by atoms with Crippen molar-refractivity contribution in [2.75, 3.05) is 13.6 Å². The van der Waals surface area contributed by atoms with Gasteiger partial charge in [0.25, 0.3) is 0 Å². The number of likely N-dealkylation sites (tertiary alicyclic amines) is 1. The molecule has 1 aliphatic carbocycles. The highest BCUT2D eigenvalue weighted by molar-refractivity contribution is 5.89. The highest BCUT2D eigenvalue weighted by atomic mass is 16.2. The van der Waals surface area contributed by atoms with Crippen molar-refractivity contribution >= 4 is 18.1 Å². The number of carbonyl (C=O) groups is 3. The summed E-state index contributed by atoms with van der Waals surface area (Å²) >= 11 is 0. The van der Waals surface area contributed by atoms with Gasteiger partial charge in [-0.2, -0.15) is 0 Å². The number of rotatable bonds is 5. The zero-order chi connectivity index (χ0) is 17.8. The SMILES string of the molecule is CN(Cc1ccccc1)C(=O)[C@@H]1CCC[C@H]1C(=O)N1CCC[C@H]1C=O. The van der Waals surface area contributed by atoms with Gasteiger partial charge in [-0.15, -0.1) is 0 Å². The van der Waals surface area contributed by atoms with Gasteiger partial charge in [0.2, 0.25) is 11.8 Å². The molecule has 25 heavy (non-hydrogen) atoms. The van der Waals surface area contributed by atoms with Gasteiger partial charge in [-0.3, -0.25) is 9.59 Å². The van der Waals surface area contributed by atoms with Crippen LogP contribution in [0.2, 0.25) is 0 Å². The Hall–Kier alpha value is -2.17.